The van der Waals surface area contributed by atoms with Crippen molar-refractivity contribution in [1.29, 1.82) is 0 Å². The zero-order valence-corrected chi connectivity index (χ0v) is 18.3. The van der Waals surface area contributed by atoms with Gasteiger partial charge in [0, 0.05) is 20.4 Å². The van der Waals surface area contributed by atoms with Gasteiger partial charge in [0.05, 0.1) is 0 Å². The number of halogens is 3. The Hall–Kier alpha value is -2.65. The van der Waals surface area contributed by atoms with Crippen molar-refractivity contribution in [3.8, 4) is 21.9 Å². The smallest absolute Gasteiger partial charge is 0.482 e. The molecule has 0 saturated heterocycles. The fourth-order valence-electron chi connectivity index (χ4n) is 2.79. The lowest BCUT2D eigenvalue weighted by atomic mass is 10.1. The van der Waals surface area contributed by atoms with Gasteiger partial charge in [-0.25, -0.2) is 4.79 Å². The van der Waals surface area contributed by atoms with Crippen LogP contribution in [-0.2, 0) is 10.5 Å². The molecule has 31 heavy (non-hydrogen) atoms. The minimum Gasteiger partial charge on any atom is -0.482 e. The molecule has 0 aliphatic rings. The van der Waals surface area contributed by atoms with Crippen LogP contribution >= 0.6 is 23.1 Å². The minimum atomic E-state index is -4.70. The maximum Gasteiger partial charge on any atom is 0.573 e. The molecule has 1 heterocycles. The van der Waals surface area contributed by atoms with E-state index < -0.39 is 12.3 Å². The van der Waals surface area contributed by atoms with Crippen LogP contribution in [0, 0.1) is 13.8 Å². The number of aryl methyl sites for hydroxylation is 2. The first kappa shape index (κ1) is 23.0. The van der Waals surface area contributed by atoms with E-state index in [1.807, 2.05) is 32.0 Å². The van der Waals surface area contributed by atoms with Gasteiger partial charge in [0.1, 0.15) is 11.5 Å². The molecule has 0 atom stereocenters. The van der Waals surface area contributed by atoms with Gasteiger partial charge in [-0.3, -0.25) is 0 Å². The molecule has 0 bridgehead atoms. The van der Waals surface area contributed by atoms with Gasteiger partial charge >= 0.3 is 12.3 Å². The summed E-state index contributed by atoms with van der Waals surface area (Å²) in [7, 11) is 0. The predicted molar refractivity (Wildman–Crippen MR) is 115 cm³/mol. The van der Waals surface area contributed by atoms with Crippen molar-refractivity contribution in [1.82, 2.24) is 0 Å². The van der Waals surface area contributed by atoms with Crippen molar-refractivity contribution in [2.45, 2.75) is 30.9 Å². The number of hydrogen-bond acceptors (Lipinski definition) is 5. The highest BCUT2D eigenvalue weighted by Gasteiger charge is 2.31. The second kappa shape index (κ2) is 9.65. The lowest BCUT2D eigenvalue weighted by Crippen LogP contribution is -2.16. The van der Waals surface area contributed by atoms with Gasteiger partial charge in [0.2, 0.25) is 0 Å². The number of hydrogen-bond donors (Lipinski definition) is 1. The van der Waals surface area contributed by atoms with E-state index >= 15 is 0 Å². The van der Waals surface area contributed by atoms with Crippen LogP contribution in [0.25, 0.3) is 10.4 Å². The van der Waals surface area contributed by atoms with Crippen molar-refractivity contribution in [2.24, 2.45) is 0 Å². The normalized spacial score (nSPS) is 11.4. The number of thiophene rings is 1. The number of ether oxygens (including phenoxy) is 2. The SMILES string of the molecule is Cc1cc(SCc2sc(-c3ccc(OC(F)(F)F)cc3)cc2C)ccc1OCC(=O)O. The van der Waals surface area contributed by atoms with E-state index in [-0.39, 0.29) is 12.4 Å². The third-order valence-corrected chi connectivity index (χ3v) is 6.75. The molecule has 0 spiro atoms. The van der Waals surface area contributed by atoms with E-state index in [9.17, 15) is 18.0 Å². The van der Waals surface area contributed by atoms with Crippen LogP contribution in [-0.4, -0.2) is 24.0 Å². The van der Waals surface area contributed by atoms with Gasteiger partial charge < -0.3 is 14.6 Å². The maximum atomic E-state index is 12.3. The molecule has 2 aromatic carbocycles. The Bertz CT molecular complexity index is 1060. The molecule has 0 aliphatic heterocycles. The zero-order chi connectivity index (χ0) is 22.6. The van der Waals surface area contributed by atoms with Gasteiger partial charge in [0.25, 0.3) is 0 Å². The van der Waals surface area contributed by atoms with Crippen LogP contribution in [0.1, 0.15) is 16.0 Å². The quantitative estimate of drug-likeness (QED) is 0.374. The first-order chi connectivity index (χ1) is 14.6. The Kier molecular flexibility index (Phi) is 7.17. The summed E-state index contributed by atoms with van der Waals surface area (Å²) >= 11 is 3.24. The Labute approximate surface area is 185 Å². The van der Waals surface area contributed by atoms with Crippen LogP contribution in [0.4, 0.5) is 13.2 Å². The number of carboxylic acid groups (broad SMARTS) is 1. The average molecular weight is 469 g/mol. The molecule has 4 nitrogen and oxygen atoms in total. The molecule has 0 radical (unpaired) electrons. The molecule has 3 rings (SSSR count). The van der Waals surface area contributed by atoms with Crippen molar-refractivity contribution < 1.29 is 32.5 Å². The molecule has 0 unspecified atom stereocenters. The van der Waals surface area contributed by atoms with Gasteiger partial charge in [-0.15, -0.1) is 36.3 Å². The zero-order valence-electron chi connectivity index (χ0n) is 16.7. The van der Waals surface area contributed by atoms with Crippen molar-refractivity contribution in [2.75, 3.05) is 6.61 Å². The van der Waals surface area contributed by atoms with Crippen molar-refractivity contribution >= 4 is 29.1 Å². The number of rotatable bonds is 8. The highest BCUT2D eigenvalue weighted by Crippen LogP contribution is 2.36. The molecular formula is C22H19F3O4S2. The summed E-state index contributed by atoms with van der Waals surface area (Å²) in [5.41, 5.74) is 2.80. The second-order valence-corrected chi connectivity index (χ2v) is 8.87. The molecule has 0 aliphatic carbocycles. The van der Waals surface area contributed by atoms with Gasteiger partial charge in [-0.1, -0.05) is 0 Å². The summed E-state index contributed by atoms with van der Waals surface area (Å²) < 4.78 is 46.1. The number of thioether (sulfide) groups is 1. The summed E-state index contributed by atoms with van der Waals surface area (Å²) in [5, 5.41) is 8.72. The topological polar surface area (TPSA) is 55.8 Å². The number of alkyl halides is 3. The Morgan fingerprint density at radius 3 is 2.39 bits per heavy atom. The van der Waals surface area contributed by atoms with E-state index in [0.29, 0.717) is 5.75 Å². The van der Waals surface area contributed by atoms with E-state index in [0.717, 1.165) is 32.2 Å². The highest BCUT2D eigenvalue weighted by atomic mass is 32.2. The average Bonchev–Trinajstić information content (AvgIpc) is 3.05. The van der Waals surface area contributed by atoms with Gasteiger partial charge in [-0.05, 0) is 79.1 Å². The van der Waals surface area contributed by atoms with Crippen LogP contribution < -0.4 is 9.47 Å². The number of aliphatic carboxylic acids is 1. The van der Waals surface area contributed by atoms with E-state index in [2.05, 4.69) is 4.74 Å². The van der Waals surface area contributed by atoms with Crippen molar-refractivity contribution in [3.63, 3.8) is 0 Å². The Morgan fingerprint density at radius 2 is 1.77 bits per heavy atom. The summed E-state index contributed by atoms with van der Waals surface area (Å²) in [6, 6.07) is 13.5. The standard InChI is InChI=1S/C22H19F3O4S2/c1-13-9-17(7-8-18(13)28-11-21(26)27)30-12-20-14(2)10-19(31-20)15-3-5-16(6-4-15)29-22(23,24)25/h3-10H,11-12H2,1-2H3,(H,26,27). The van der Waals surface area contributed by atoms with E-state index in [1.54, 1.807) is 41.3 Å². The van der Waals surface area contributed by atoms with Crippen LogP contribution in [0.3, 0.4) is 0 Å². The molecule has 0 fully saturated rings. The lowest BCUT2D eigenvalue weighted by molar-refractivity contribution is -0.274. The summed E-state index contributed by atoms with van der Waals surface area (Å²) in [6.07, 6.45) is -4.70. The summed E-state index contributed by atoms with van der Waals surface area (Å²) in [4.78, 5) is 13.8. The Morgan fingerprint density at radius 1 is 1.06 bits per heavy atom. The van der Waals surface area contributed by atoms with Crippen molar-refractivity contribution in [3.05, 3.63) is 64.5 Å². The largest absolute Gasteiger partial charge is 0.573 e. The molecule has 164 valence electrons. The second-order valence-electron chi connectivity index (χ2n) is 6.69. The van der Waals surface area contributed by atoms with Gasteiger partial charge in [0.15, 0.2) is 6.61 Å². The predicted octanol–water partition coefficient (Wildman–Crippen LogP) is 6.69. The third kappa shape index (κ3) is 6.67. The van der Waals surface area contributed by atoms with Gasteiger partial charge in [-0.2, -0.15) is 0 Å². The molecule has 0 saturated carbocycles. The van der Waals surface area contributed by atoms with E-state index in [4.69, 9.17) is 9.84 Å². The number of carboxylic acids is 1. The summed E-state index contributed by atoms with van der Waals surface area (Å²) in [6.45, 7) is 3.49. The number of benzene rings is 2. The monoisotopic (exact) mass is 468 g/mol. The first-order valence-corrected chi connectivity index (χ1v) is 10.9. The maximum absolute atomic E-state index is 12.3. The molecule has 9 heteroatoms. The molecule has 3 aromatic rings. The van der Waals surface area contributed by atoms with Crippen LogP contribution in [0.5, 0.6) is 11.5 Å². The lowest BCUT2D eigenvalue weighted by Gasteiger charge is -2.09. The molecule has 1 N–H and O–H groups in total. The molecular weight excluding hydrogens is 449 g/mol. The minimum absolute atomic E-state index is 0.244. The molecule has 1 aromatic heterocycles. The first-order valence-electron chi connectivity index (χ1n) is 9.14. The summed E-state index contributed by atoms with van der Waals surface area (Å²) in [5.74, 6) is 0.00988. The van der Waals surface area contributed by atoms with E-state index in [1.165, 1.54) is 17.0 Å². The number of carbonyl (C=O) groups is 1. The fraction of sp³-hybridized carbons (Fsp3) is 0.227. The fourth-order valence-corrected chi connectivity index (χ4v) is 5.13. The van der Waals surface area contributed by atoms with Crippen LogP contribution in [0.2, 0.25) is 0 Å². The Balaban J connectivity index is 1.65. The third-order valence-electron chi connectivity index (χ3n) is 4.26. The van der Waals surface area contributed by atoms with Crippen LogP contribution in [0.15, 0.2) is 53.4 Å². The highest BCUT2D eigenvalue weighted by molar-refractivity contribution is 7.98. The molecule has 0 amide bonds.